The van der Waals surface area contributed by atoms with E-state index in [0.29, 0.717) is 18.3 Å². The lowest BCUT2D eigenvalue weighted by atomic mass is 10.1. The summed E-state index contributed by atoms with van der Waals surface area (Å²) in [4.78, 5) is 11.5. The van der Waals surface area contributed by atoms with Crippen molar-refractivity contribution in [1.82, 2.24) is 5.32 Å². The van der Waals surface area contributed by atoms with Gasteiger partial charge in [0.05, 0.1) is 0 Å². The maximum Gasteiger partial charge on any atom is 0.220 e. The third-order valence-electron chi connectivity index (χ3n) is 2.69. The van der Waals surface area contributed by atoms with Crippen molar-refractivity contribution in [2.24, 2.45) is 0 Å². The number of halogens is 1. The Labute approximate surface area is 105 Å². The topological polar surface area (TPSA) is 29.1 Å². The minimum atomic E-state index is 0.174. The number of hydrogen-bond acceptors (Lipinski definition) is 1. The molecule has 0 aliphatic rings. The molecule has 96 valence electrons. The molecule has 1 atom stereocenters. The smallest absolute Gasteiger partial charge is 0.220 e. The van der Waals surface area contributed by atoms with E-state index in [2.05, 4.69) is 19.2 Å². The van der Waals surface area contributed by atoms with Gasteiger partial charge in [-0.05, 0) is 26.2 Å². The first-order valence-corrected chi connectivity index (χ1v) is 7.09. The zero-order valence-electron chi connectivity index (χ0n) is 10.7. The van der Waals surface area contributed by atoms with Crippen LogP contribution in [0.25, 0.3) is 0 Å². The molecule has 3 heteroatoms. The molecule has 0 bridgehead atoms. The Bertz CT molecular complexity index is 173. The Kier molecular flexibility index (Phi) is 11.1. The second-order valence-electron chi connectivity index (χ2n) is 4.46. The minimum Gasteiger partial charge on any atom is -0.354 e. The number of hydrogen-bond donors (Lipinski definition) is 1. The van der Waals surface area contributed by atoms with Crippen LogP contribution in [0, 0.1) is 0 Å². The average Bonchev–Trinajstić information content (AvgIpc) is 2.25. The fraction of sp³-hybridized carbons (Fsp3) is 0.923. The lowest BCUT2D eigenvalue weighted by Crippen LogP contribution is -2.32. The molecule has 0 saturated heterocycles. The predicted molar refractivity (Wildman–Crippen MR) is 70.9 cm³/mol. The lowest BCUT2D eigenvalue weighted by Gasteiger charge is -2.13. The van der Waals surface area contributed by atoms with Gasteiger partial charge in [0.15, 0.2) is 0 Å². The molecule has 1 N–H and O–H groups in total. The second kappa shape index (κ2) is 11.3. The molecule has 0 aromatic rings. The van der Waals surface area contributed by atoms with Crippen LogP contribution < -0.4 is 5.32 Å². The highest BCUT2D eigenvalue weighted by Crippen LogP contribution is 2.06. The van der Waals surface area contributed by atoms with Crippen molar-refractivity contribution in [2.75, 3.05) is 5.88 Å². The molecule has 0 heterocycles. The van der Waals surface area contributed by atoms with Gasteiger partial charge in [-0.3, -0.25) is 4.79 Å². The van der Waals surface area contributed by atoms with Crippen molar-refractivity contribution in [2.45, 2.75) is 71.3 Å². The van der Waals surface area contributed by atoms with Crippen LogP contribution in [0.2, 0.25) is 0 Å². The number of carbonyl (C=O) groups excluding carboxylic acids is 1. The van der Waals surface area contributed by atoms with Crippen LogP contribution in [0.3, 0.4) is 0 Å². The van der Waals surface area contributed by atoms with Gasteiger partial charge in [-0.15, -0.1) is 11.6 Å². The maximum absolute atomic E-state index is 11.5. The van der Waals surface area contributed by atoms with Crippen molar-refractivity contribution < 1.29 is 4.79 Å². The van der Waals surface area contributed by atoms with E-state index in [9.17, 15) is 4.79 Å². The van der Waals surface area contributed by atoms with E-state index in [0.717, 1.165) is 19.3 Å². The van der Waals surface area contributed by atoms with Crippen LogP contribution in [-0.2, 0) is 4.79 Å². The molecule has 0 aromatic carbocycles. The first kappa shape index (κ1) is 15.8. The molecule has 2 nitrogen and oxygen atoms in total. The summed E-state index contributed by atoms with van der Waals surface area (Å²) >= 11 is 5.56. The van der Waals surface area contributed by atoms with Gasteiger partial charge in [-0.1, -0.05) is 32.6 Å². The van der Waals surface area contributed by atoms with Crippen LogP contribution >= 0.6 is 11.6 Å². The molecule has 0 spiro atoms. The molecular weight excluding hydrogens is 222 g/mol. The van der Waals surface area contributed by atoms with Gasteiger partial charge in [0.2, 0.25) is 5.91 Å². The standard InChI is InChI=1S/C13H26ClNO/c1-3-4-5-6-9-12(2)15-13(16)10-7-8-11-14/h12H,3-11H2,1-2H3,(H,15,16). The van der Waals surface area contributed by atoms with Gasteiger partial charge in [0.1, 0.15) is 0 Å². The normalized spacial score (nSPS) is 12.4. The zero-order valence-corrected chi connectivity index (χ0v) is 11.5. The molecular formula is C13H26ClNO. The summed E-state index contributed by atoms with van der Waals surface area (Å²) in [5, 5.41) is 3.03. The quantitative estimate of drug-likeness (QED) is 0.461. The Balaban J connectivity index is 3.39. The largest absolute Gasteiger partial charge is 0.354 e. The number of carbonyl (C=O) groups is 1. The van der Waals surface area contributed by atoms with Gasteiger partial charge >= 0.3 is 0 Å². The number of rotatable bonds is 10. The average molecular weight is 248 g/mol. The monoisotopic (exact) mass is 247 g/mol. The molecule has 0 saturated carbocycles. The van der Waals surface area contributed by atoms with Crippen LogP contribution in [0.15, 0.2) is 0 Å². The molecule has 1 amide bonds. The first-order chi connectivity index (χ1) is 7.70. The van der Waals surface area contributed by atoms with Crippen molar-refractivity contribution in [3.63, 3.8) is 0 Å². The Morgan fingerprint density at radius 3 is 2.56 bits per heavy atom. The van der Waals surface area contributed by atoms with Crippen LogP contribution in [0.5, 0.6) is 0 Å². The maximum atomic E-state index is 11.5. The molecule has 0 aromatic heterocycles. The van der Waals surface area contributed by atoms with Gasteiger partial charge < -0.3 is 5.32 Å². The lowest BCUT2D eigenvalue weighted by molar-refractivity contribution is -0.121. The summed E-state index contributed by atoms with van der Waals surface area (Å²) in [5.74, 6) is 0.827. The summed E-state index contributed by atoms with van der Waals surface area (Å²) in [6, 6.07) is 0.320. The summed E-state index contributed by atoms with van der Waals surface area (Å²) in [6.07, 6.45) is 8.61. The fourth-order valence-electron chi connectivity index (χ4n) is 1.68. The van der Waals surface area contributed by atoms with Crippen molar-refractivity contribution in [1.29, 1.82) is 0 Å². The van der Waals surface area contributed by atoms with Crippen LogP contribution in [0.1, 0.15) is 65.2 Å². The summed E-state index contributed by atoms with van der Waals surface area (Å²) in [6.45, 7) is 4.30. The Morgan fingerprint density at radius 2 is 1.94 bits per heavy atom. The van der Waals surface area contributed by atoms with E-state index < -0.39 is 0 Å². The summed E-state index contributed by atoms with van der Waals surface area (Å²) in [7, 11) is 0. The van der Waals surface area contributed by atoms with Crippen LogP contribution in [0.4, 0.5) is 0 Å². The number of nitrogens with one attached hydrogen (secondary N) is 1. The molecule has 16 heavy (non-hydrogen) atoms. The van der Waals surface area contributed by atoms with Crippen molar-refractivity contribution >= 4 is 17.5 Å². The number of amides is 1. The van der Waals surface area contributed by atoms with Crippen LogP contribution in [-0.4, -0.2) is 17.8 Å². The van der Waals surface area contributed by atoms with E-state index in [-0.39, 0.29) is 5.91 Å². The van der Waals surface area contributed by atoms with E-state index in [1.54, 1.807) is 0 Å². The minimum absolute atomic E-state index is 0.174. The predicted octanol–water partition coefficient (Wildman–Crippen LogP) is 3.87. The van der Waals surface area contributed by atoms with Crippen molar-refractivity contribution in [3.8, 4) is 0 Å². The number of unbranched alkanes of at least 4 members (excludes halogenated alkanes) is 4. The highest BCUT2D eigenvalue weighted by atomic mass is 35.5. The van der Waals surface area contributed by atoms with Gasteiger partial charge in [0.25, 0.3) is 0 Å². The van der Waals surface area contributed by atoms with Gasteiger partial charge in [-0.25, -0.2) is 0 Å². The second-order valence-corrected chi connectivity index (χ2v) is 4.84. The Hall–Kier alpha value is -0.240. The highest BCUT2D eigenvalue weighted by molar-refractivity contribution is 6.17. The fourth-order valence-corrected chi connectivity index (χ4v) is 1.87. The summed E-state index contributed by atoms with van der Waals surface area (Å²) in [5.41, 5.74) is 0. The molecule has 0 fully saturated rings. The first-order valence-electron chi connectivity index (χ1n) is 6.56. The Morgan fingerprint density at radius 1 is 1.19 bits per heavy atom. The van der Waals surface area contributed by atoms with E-state index in [1.165, 1.54) is 25.7 Å². The highest BCUT2D eigenvalue weighted by Gasteiger charge is 2.06. The SMILES string of the molecule is CCCCCCC(C)NC(=O)CCCCCl. The third kappa shape index (κ3) is 10.3. The molecule has 0 rings (SSSR count). The zero-order chi connectivity index (χ0) is 12.2. The van der Waals surface area contributed by atoms with Gasteiger partial charge in [0, 0.05) is 18.3 Å². The third-order valence-corrected chi connectivity index (χ3v) is 2.95. The van der Waals surface area contributed by atoms with E-state index in [1.807, 2.05) is 0 Å². The van der Waals surface area contributed by atoms with Crippen molar-refractivity contribution in [3.05, 3.63) is 0 Å². The molecule has 0 aliphatic carbocycles. The summed E-state index contributed by atoms with van der Waals surface area (Å²) < 4.78 is 0. The van der Waals surface area contributed by atoms with Gasteiger partial charge in [-0.2, -0.15) is 0 Å². The molecule has 1 unspecified atom stereocenters. The number of alkyl halides is 1. The molecule has 0 radical (unpaired) electrons. The molecule has 0 aliphatic heterocycles. The van der Waals surface area contributed by atoms with E-state index >= 15 is 0 Å². The van der Waals surface area contributed by atoms with E-state index in [4.69, 9.17) is 11.6 Å².